The van der Waals surface area contributed by atoms with E-state index in [4.69, 9.17) is 0 Å². The maximum Gasteiger partial charge on any atom is 0.243 e. The van der Waals surface area contributed by atoms with Crippen molar-refractivity contribution in [2.75, 3.05) is 6.54 Å². The molecule has 1 unspecified atom stereocenters. The molecule has 1 fully saturated rings. The van der Waals surface area contributed by atoms with Gasteiger partial charge in [-0.3, -0.25) is 0 Å². The normalized spacial score (nSPS) is 20.2. The van der Waals surface area contributed by atoms with Crippen molar-refractivity contribution >= 4 is 26.0 Å². The smallest absolute Gasteiger partial charge is 0.207 e. The molecule has 1 atom stereocenters. The molecule has 1 aliphatic rings. The Balaban J connectivity index is 2.32. The molecule has 0 saturated carbocycles. The first-order chi connectivity index (χ1) is 11.4. The van der Waals surface area contributed by atoms with Gasteiger partial charge in [-0.1, -0.05) is 59.5 Å². The molecule has 0 radical (unpaired) electrons. The van der Waals surface area contributed by atoms with Gasteiger partial charge in [0.25, 0.3) is 0 Å². The lowest BCUT2D eigenvalue weighted by molar-refractivity contribution is 0.428. The Kier molecular flexibility index (Phi) is 7.08. The zero-order valence-electron chi connectivity index (χ0n) is 14.9. The molecule has 1 heterocycles. The lowest BCUT2D eigenvalue weighted by atomic mass is 10.0. The van der Waals surface area contributed by atoms with Crippen LogP contribution in [0.1, 0.15) is 57.9 Å². The van der Waals surface area contributed by atoms with Crippen molar-refractivity contribution in [1.29, 1.82) is 0 Å². The summed E-state index contributed by atoms with van der Waals surface area (Å²) in [5.41, 5.74) is 2.42. The molecule has 0 aromatic heterocycles. The van der Waals surface area contributed by atoms with Crippen molar-refractivity contribution in [2.24, 2.45) is 0 Å². The van der Waals surface area contributed by atoms with E-state index < -0.39 is 10.0 Å². The number of hydrogen-bond donors (Lipinski definition) is 0. The van der Waals surface area contributed by atoms with E-state index in [1.165, 1.54) is 5.57 Å². The summed E-state index contributed by atoms with van der Waals surface area (Å²) in [7, 11) is -3.44. The Labute approximate surface area is 155 Å². The number of unbranched alkanes of at least 4 members (excludes halogenated alkanes) is 1. The van der Waals surface area contributed by atoms with Crippen molar-refractivity contribution in [3.8, 4) is 0 Å². The van der Waals surface area contributed by atoms with Gasteiger partial charge in [-0.05, 0) is 51.2 Å². The molecule has 134 valence electrons. The predicted octanol–water partition coefficient (Wildman–Crippen LogP) is 5.40. The van der Waals surface area contributed by atoms with E-state index >= 15 is 0 Å². The number of allylic oxidation sites excluding steroid dienone is 1. The first kappa shape index (κ1) is 19.7. The second-order valence-corrected chi connectivity index (χ2v) is 9.24. The molecule has 1 saturated heterocycles. The number of nitrogens with zero attached hydrogens (tertiary/aromatic N) is 1. The fourth-order valence-corrected chi connectivity index (χ4v) is 5.97. The quantitative estimate of drug-likeness (QED) is 0.599. The maximum absolute atomic E-state index is 13.1. The highest BCUT2D eigenvalue weighted by molar-refractivity contribution is 9.11. The predicted molar refractivity (Wildman–Crippen MR) is 104 cm³/mol. The minimum Gasteiger partial charge on any atom is -0.207 e. The molecule has 0 N–H and O–H groups in total. The van der Waals surface area contributed by atoms with Crippen molar-refractivity contribution in [3.63, 3.8) is 0 Å². The molecule has 0 aliphatic carbocycles. The summed E-state index contributed by atoms with van der Waals surface area (Å²) in [6.45, 7) is 6.90. The second-order valence-electron chi connectivity index (χ2n) is 6.50. The summed E-state index contributed by atoms with van der Waals surface area (Å²) in [5, 5.41) is 0. The van der Waals surface area contributed by atoms with Gasteiger partial charge in [0.05, 0.1) is 10.9 Å². The van der Waals surface area contributed by atoms with Gasteiger partial charge in [0.15, 0.2) is 0 Å². The number of benzene rings is 1. The van der Waals surface area contributed by atoms with Crippen LogP contribution in [0.5, 0.6) is 0 Å². The number of rotatable bonds is 7. The Hall–Kier alpha value is -0.650. The number of aryl methyl sites for hydroxylation is 1. The van der Waals surface area contributed by atoms with Crippen molar-refractivity contribution < 1.29 is 8.42 Å². The fraction of sp³-hybridized carbons (Fsp3) is 0.579. The first-order valence-electron chi connectivity index (χ1n) is 8.87. The van der Waals surface area contributed by atoms with Gasteiger partial charge >= 0.3 is 0 Å². The van der Waals surface area contributed by atoms with Crippen LogP contribution in [0.2, 0.25) is 0 Å². The second kappa shape index (κ2) is 8.63. The zero-order chi connectivity index (χ0) is 17.7. The topological polar surface area (TPSA) is 37.4 Å². The average Bonchev–Trinajstić information content (AvgIpc) is 3.06. The van der Waals surface area contributed by atoms with E-state index in [2.05, 4.69) is 29.8 Å². The van der Waals surface area contributed by atoms with Crippen LogP contribution < -0.4 is 0 Å². The van der Waals surface area contributed by atoms with E-state index in [1.807, 2.05) is 19.1 Å². The van der Waals surface area contributed by atoms with Gasteiger partial charge in [-0.15, -0.1) is 0 Å². The van der Waals surface area contributed by atoms with Crippen LogP contribution in [0.3, 0.4) is 0 Å². The molecular formula is C19H28BrNO2S. The standard InChI is InChI=1S/C19H28BrNO2S/c1-4-6-8-16(5-2)19(20)18-9-7-14-21(18)24(22,23)17-12-10-15(3)11-13-17/h10-13,18H,4-9,14H2,1-3H3/b19-16+. The Morgan fingerprint density at radius 1 is 1.25 bits per heavy atom. The summed E-state index contributed by atoms with van der Waals surface area (Å²) >= 11 is 3.75. The maximum atomic E-state index is 13.1. The van der Waals surface area contributed by atoms with Gasteiger partial charge in [0, 0.05) is 11.0 Å². The van der Waals surface area contributed by atoms with Crippen molar-refractivity contribution in [1.82, 2.24) is 4.31 Å². The molecular weight excluding hydrogens is 386 g/mol. The summed E-state index contributed by atoms with van der Waals surface area (Å²) in [6.07, 6.45) is 6.12. The SMILES string of the molecule is CCCC/C(CC)=C(/Br)C1CCCN1S(=O)(=O)c1ccc(C)cc1. The van der Waals surface area contributed by atoms with Crippen LogP contribution in [0.15, 0.2) is 39.2 Å². The number of sulfonamides is 1. The highest BCUT2D eigenvalue weighted by Gasteiger charge is 2.37. The fourth-order valence-electron chi connectivity index (χ4n) is 3.22. The van der Waals surface area contributed by atoms with Crippen LogP contribution in [0, 0.1) is 6.92 Å². The summed E-state index contributed by atoms with van der Waals surface area (Å²) < 4.78 is 28.9. The van der Waals surface area contributed by atoms with Gasteiger partial charge < -0.3 is 0 Å². The van der Waals surface area contributed by atoms with E-state index in [-0.39, 0.29) is 6.04 Å². The van der Waals surface area contributed by atoms with E-state index in [9.17, 15) is 8.42 Å². The lowest BCUT2D eigenvalue weighted by Gasteiger charge is -2.26. The third kappa shape index (κ3) is 4.30. The molecule has 2 rings (SSSR count). The van der Waals surface area contributed by atoms with Crippen LogP contribution in [-0.2, 0) is 10.0 Å². The molecule has 1 aliphatic heterocycles. The number of halogens is 1. The number of hydrogen-bond acceptors (Lipinski definition) is 2. The van der Waals surface area contributed by atoms with Crippen LogP contribution in [-0.4, -0.2) is 25.3 Å². The van der Waals surface area contributed by atoms with Crippen LogP contribution in [0.25, 0.3) is 0 Å². The Morgan fingerprint density at radius 3 is 2.50 bits per heavy atom. The van der Waals surface area contributed by atoms with Gasteiger partial charge in [-0.2, -0.15) is 4.31 Å². The molecule has 1 aromatic rings. The monoisotopic (exact) mass is 413 g/mol. The molecule has 0 amide bonds. The minimum absolute atomic E-state index is 0.0527. The van der Waals surface area contributed by atoms with Crippen molar-refractivity contribution in [2.45, 2.75) is 70.2 Å². The van der Waals surface area contributed by atoms with E-state index in [0.29, 0.717) is 11.4 Å². The van der Waals surface area contributed by atoms with E-state index in [0.717, 1.165) is 48.6 Å². The highest BCUT2D eigenvalue weighted by atomic mass is 79.9. The zero-order valence-corrected chi connectivity index (χ0v) is 17.3. The summed E-state index contributed by atoms with van der Waals surface area (Å²) in [4.78, 5) is 0.395. The Bertz CT molecular complexity index is 680. The minimum atomic E-state index is -3.44. The third-order valence-corrected chi connectivity index (χ3v) is 7.73. The van der Waals surface area contributed by atoms with Gasteiger partial charge in [0.1, 0.15) is 0 Å². The molecule has 3 nitrogen and oxygen atoms in total. The van der Waals surface area contributed by atoms with Crippen molar-refractivity contribution in [3.05, 3.63) is 39.9 Å². The summed E-state index contributed by atoms with van der Waals surface area (Å²) in [5.74, 6) is 0. The van der Waals surface area contributed by atoms with Crippen LogP contribution in [0.4, 0.5) is 0 Å². The molecule has 24 heavy (non-hydrogen) atoms. The van der Waals surface area contributed by atoms with Crippen LogP contribution >= 0.6 is 15.9 Å². The summed E-state index contributed by atoms with van der Waals surface area (Å²) in [6, 6.07) is 7.11. The van der Waals surface area contributed by atoms with Gasteiger partial charge in [-0.25, -0.2) is 8.42 Å². The molecule has 5 heteroatoms. The largest absolute Gasteiger partial charge is 0.243 e. The first-order valence-corrected chi connectivity index (χ1v) is 11.1. The van der Waals surface area contributed by atoms with Gasteiger partial charge in [0.2, 0.25) is 10.0 Å². The van der Waals surface area contributed by atoms with E-state index in [1.54, 1.807) is 16.4 Å². The molecule has 1 aromatic carbocycles. The molecule has 0 bridgehead atoms. The average molecular weight is 414 g/mol. The highest BCUT2D eigenvalue weighted by Crippen LogP contribution is 2.36. The third-order valence-electron chi connectivity index (χ3n) is 4.72. The lowest BCUT2D eigenvalue weighted by Crippen LogP contribution is -2.36. The Morgan fingerprint density at radius 2 is 1.92 bits per heavy atom. The molecule has 0 spiro atoms.